The molecule has 202 valence electrons. The zero-order chi connectivity index (χ0) is 27.2. The molecule has 1 fully saturated rings. The Hall–Kier alpha value is -4.13. The number of imidazole rings is 1. The van der Waals surface area contributed by atoms with Crippen molar-refractivity contribution in [2.24, 2.45) is 0 Å². The van der Waals surface area contributed by atoms with E-state index in [0.717, 1.165) is 78.6 Å². The molecule has 7 heteroatoms. The minimum atomic E-state index is -0.937. The number of anilines is 1. The number of urea groups is 1. The summed E-state index contributed by atoms with van der Waals surface area (Å²) in [6.07, 6.45) is 8.57. The number of benzene rings is 3. The van der Waals surface area contributed by atoms with Gasteiger partial charge in [0.05, 0.1) is 22.3 Å². The number of fused-ring (bicyclic) bond motifs is 1. The second kappa shape index (κ2) is 12.2. The first-order valence-corrected chi connectivity index (χ1v) is 14.0. The van der Waals surface area contributed by atoms with Crippen LogP contribution in [-0.2, 0) is 13.0 Å². The largest absolute Gasteiger partial charge is 0.478 e. The van der Waals surface area contributed by atoms with Gasteiger partial charge in [-0.3, -0.25) is 0 Å². The second-order valence-electron chi connectivity index (χ2n) is 10.4. The van der Waals surface area contributed by atoms with Gasteiger partial charge in [-0.05, 0) is 54.2 Å². The quantitative estimate of drug-likeness (QED) is 0.215. The number of unbranched alkanes of at least 4 members (excludes halogenated alkanes) is 1. The van der Waals surface area contributed by atoms with Gasteiger partial charge in [0, 0.05) is 19.0 Å². The fourth-order valence-electron chi connectivity index (χ4n) is 5.51. The fourth-order valence-corrected chi connectivity index (χ4v) is 5.51. The van der Waals surface area contributed by atoms with Crippen LogP contribution in [0.5, 0.6) is 0 Å². The van der Waals surface area contributed by atoms with Gasteiger partial charge in [0.1, 0.15) is 5.82 Å². The number of carboxylic acids is 1. The Morgan fingerprint density at radius 2 is 1.74 bits per heavy atom. The summed E-state index contributed by atoms with van der Waals surface area (Å²) in [6, 6.07) is 21.0. The number of aromatic nitrogens is 2. The van der Waals surface area contributed by atoms with E-state index in [1.807, 2.05) is 54.6 Å². The van der Waals surface area contributed by atoms with E-state index >= 15 is 0 Å². The third kappa shape index (κ3) is 6.14. The van der Waals surface area contributed by atoms with Gasteiger partial charge in [-0.1, -0.05) is 81.1 Å². The Labute approximate surface area is 229 Å². The number of nitrogens with zero attached hydrogens (tertiary/aromatic N) is 2. The van der Waals surface area contributed by atoms with Gasteiger partial charge < -0.3 is 20.3 Å². The maximum Gasteiger partial charge on any atom is 0.336 e. The first kappa shape index (κ1) is 26.5. The van der Waals surface area contributed by atoms with Gasteiger partial charge in [-0.15, -0.1) is 0 Å². The fraction of sp³-hybridized carbons (Fsp3) is 0.344. The molecular formula is C32H36N4O3. The molecule has 0 atom stereocenters. The summed E-state index contributed by atoms with van der Waals surface area (Å²) in [5.74, 6) is 0.0572. The van der Waals surface area contributed by atoms with Crippen LogP contribution in [0, 0.1) is 0 Å². The van der Waals surface area contributed by atoms with E-state index in [9.17, 15) is 14.7 Å². The highest BCUT2D eigenvalue weighted by atomic mass is 16.4. The molecule has 1 aromatic heterocycles. The van der Waals surface area contributed by atoms with Crippen molar-refractivity contribution in [2.45, 2.75) is 70.9 Å². The molecule has 0 radical (unpaired) electrons. The number of carbonyl (C=O) groups is 2. The highest BCUT2D eigenvalue weighted by Gasteiger charge is 2.19. The Morgan fingerprint density at radius 1 is 0.974 bits per heavy atom. The number of amides is 2. The molecule has 39 heavy (non-hydrogen) atoms. The highest BCUT2D eigenvalue weighted by molar-refractivity contribution is 5.99. The van der Waals surface area contributed by atoms with Crippen molar-refractivity contribution >= 4 is 28.7 Å². The number of rotatable bonds is 9. The number of aromatic carboxylic acids is 1. The zero-order valence-electron chi connectivity index (χ0n) is 22.5. The second-order valence-corrected chi connectivity index (χ2v) is 10.4. The van der Waals surface area contributed by atoms with Crippen LogP contribution in [0.4, 0.5) is 10.5 Å². The average molecular weight is 525 g/mol. The lowest BCUT2D eigenvalue weighted by atomic mass is 9.96. The molecule has 3 N–H and O–H groups in total. The standard InChI is InChI=1S/C32H36N4O3/c1-2-3-16-29-34-27-14-9-15-28(35-32(39)33-24-10-5-4-6-11-24)30(27)36(29)21-22-17-19-23(20-18-22)25-12-7-8-13-26(25)31(37)38/h7-9,12-15,17-20,24H,2-6,10-11,16,21H2,1H3,(H,37,38)(H2,33,35,39). The minimum absolute atomic E-state index is 0.168. The van der Waals surface area contributed by atoms with E-state index < -0.39 is 5.97 Å². The average Bonchev–Trinajstić information content (AvgIpc) is 3.30. The molecule has 1 saturated carbocycles. The lowest BCUT2D eigenvalue weighted by molar-refractivity contribution is 0.0697. The number of carbonyl (C=O) groups excluding carboxylic acids is 1. The van der Waals surface area contributed by atoms with Crippen molar-refractivity contribution in [3.63, 3.8) is 0 Å². The van der Waals surface area contributed by atoms with Crippen molar-refractivity contribution in [3.8, 4) is 11.1 Å². The molecule has 1 aliphatic carbocycles. The Balaban J connectivity index is 1.44. The lowest BCUT2D eigenvalue weighted by Crippen LogP contribution is -2.39. The van der Waals surface area contributed by atoms with Crippen LogP contribution in [0.3, 0.4) is 0 Å². The van der Waals surface area contributed by atoms with E-state index in [0.29, 0.717) is 12.1 Å². The van der Waals surface area contributed by atoms with E-state index in [1.54, 1.807) is 12.1 Å². The number of hydrogen-bond donors (Lipinski definition) is 3. The molecule has 0 saturated heterocycles. The molecule has 0 unspecified atom stereocenters. The first-order chi connectivity index (χ1) is 19.0. The van der Waals surface area contributed by atoms with Gasteiger partial charge in [0.25, 0.3) is 0 Å². The highest BCUT2D eigenvalue weighted by Crippen LogP contribution is 2.29. The normalized spacial score (nSPS) is 13.9. The summed E-state index contributed by atoms with van der Waals surface area (Å²) in [5.41, 5.74) is 5.46. The summed E-state index contributed by atoms with van der Waals surface area (Å²) < 4.78 is 2.21. The summed E-state index contributed by atoms with van der Waals surface area (Å²) in [6.45, 7) is 2.77. The van der Waals surface area contributed by atoms with Gasteiger partial charge in [0.2, 0.25) is 0 Å². The molecule has 0 spiro atoms. The van der Waals surface area contributed by atoms with Crippen LogP contribution in [0.15, 0.2) is 66.7 Å². The van der Waals surface area contributed by atoms with Crippen molar-refractivity contribution in [1.82, 2.24) is 14.9 Å². The zero-order valence-corrected chi connectivity index (χ0v) is 22.5. The third-order valence-corrected chi connectivity index (χ3v) is 7.55. The van der Waals surface area contributed by atoms with Crippen molar-refractivity contribution in [2.75, 3.05) is 5.32 Å². The molecule has 1 heterocycles. The molecule has 1 aliphatic rings. The maximum atomic E-state index is 12.9. The van der Waals surface area contributed by atoms with Gasteiger partial charge in [-0.25, -0.2) is 14.6 Å². The van der Waals surface area contributed by atoms with Crippen molar-refractivity contribution in [1.29, 1.82) is 0 Å². The van der Waals surface area contributed by atoms with E-state index in [-0.39, 0.29) is 17.6 Å². The van der Waals surface area contributed by atoms with E-state index in [1.165, 1.54) is 6.42 Å². The molecule has 3 aromatic carbocycles. The van der Waals surface area contributed by atoms with Gasteiger partial charge >= 0.3 is 12.0 Å². The Bertz CT molecular complexity index is 1450. The predicted octanol–water partition coefficient (Wildman–Crippen LogP) is 7.25. The molecular weight excluding hydrogens is 488 g/mol. The first-order valence-electron chi connectivity index (χ1n) is 14.0. The lowest BCUT2D eigenvalue weighted by Gasteiger charge is -2.23. The molecule has 5 rings (SSSR count). The third-order valence-electron chi connectivity index (χ3n) is 7.55. The Morgan fingerprint density at radius 3 is 2.49 bits per heavy atom. The number of carboxylic acid groups (broad SMARTS) is 1. The topological polar surface area (TPSA) is 96.3 Å². The smallest absolute Gasteiger partial charge is 0.336 e. The number of nitrogens with one attached hydrogen (secondary N) is 2. The van der Waals surface area contributed by atoms with Crippen LogP contribution < -0.4 is 10.6 Å². The minimum Gasteiger partial charge on any atom is -0.478 e. The van der Waals surface area contributed by atoms with Crippen LogP contribution in [0.2, 0.25) is 0 Å². The summed E-state index contributed by atoms with van der Waals surface area (Å²) in [7, 11) is 0. The van der Waals surface area contributed by atoms with Gasteiger partial charge in [0.15, 0.2) is 0 Å². The number of hydrogen-bond acceptors (Lipinski definition) is 3. The summed E-state index contributed by atoms with van der Waals surface area (Å²) in [5, 5.41) is 15.9. The van der Waals surface area contributed by atoms with Crippen molar-refractivity contribution in [3.05, 3.63) is 83.7 Å². The van der Waals surface area contributed by atoms with Crippen LogP contribution in [0.1, 0.15) is 73.6 Å². The monoisotopic (exact) mass is 524 g/mol. The SMILES string of the molecule is CCCCc1nc2cccc(NC(=O)NC3CCCCC3)c2n1Cc1ccc(-c2ccccc2C(=O)O)cc1. The van der Waals surface area contributed by atoms with E-state index in [4.69, 9.17) is 4.98 Å². The number of para-hydroxylation sites is 1. The number of aryl methyl sites for hydroxylation is 1. The predicted molar refractivity (Wildman–Crippen MR) is 155 cm³/mol. The Kier molecular flexibility index (Phi) is 8.25. The van der Waals surface area contributed by atoms with Crippen molar-refractivity contribution < 1.29 is 14.7 Å². The maximum absolute atomic E-state index is 12.9. The summed E-state index contributed by atoms with van der Waals surface area (Å²) >= 11 is 0. The molecule has 2 amide bonds. The molecule has 0 aliphatic heterocycles. The van der Waals surface area contributed by atoms with Crippen LogP contribution >= 0.6 is 0 Å². The molecule has 7 nitrogen and oxygen atoms in total. The van der Waals surface area contributed by atoms with Crippen LogP contribution in [-0.4, -0.2) is 32.7 Å². The molecule has 0 bridgehead atoms. The van der Waals surface area contributed by atoms with E-state index in [2.05, 4.69) is 22.1 Å². The van der Waals surface area contributed by atoms with Crippen LogP contribution in [0.25, 0.3) is 22.2 Å². The van der Waals surface area contributed by atoms with Gasteiger partial charge in [-0.2, -0.15) is 0 Å². The molecule has 4 aromatic rings. The summed E-state index contributed by atoms with van der Waals surface area (Å²) in [4.78, 5) is 29.6.